The number of carboxylic acid groups (broad SMARTS) is 1. The number of aliphatic hydroxyl groups is 1. The molecule has 104 valence electrons. The highest BCUT2D eigenvalue weighted by Crippen LogP contribution is 2.15. The van der Waals surface area contributed by atoms with Crippen molar-refractivity contribution in [2.24, 2.45) is 0 Å². The van der Waals surface area contributed by atoms with Gasteiger partial charge >= 0.3 is 5.97 Å². The zero-order chi connectivity index (χ0) is 14.4. The third-order valence-corrected chi connectivity index (χ3v) is 2.78. The molecule has 2 atom stereocenters. The molecule has 0 aromatic heterocycles. The average molecular weight is 332 g/mol. The van der Waals surface area contributed by atoms with E-state index in [0.717, 1.165) is 4.47 Å². The van der Waals surface area contributed by atoms with Gasteiger partial charge in [-0.25, -0.2) is 4.79 Å². The second kappa shape index (κ2) is 7.10. The number of nitrogens with one attached hydrogen (secondary N) is 1. The topological polar surface area (TPSA) is 95.9 Å². The Balaban J connectivity index is 2.47. The number of aliphatic carboxylic acids is 1. The normalized spacial score (nSPS) is 13.4. The molecule has 1 rings (SSSR count). The number of carbonyl (C=O) groups excluding carboxylic acids is 1. The molecule has 0 aliphatic rings. The van der Waals surface area contributed by atoms with Crippen LogP contribution in [0.2, 0.25) is 0 Å². The fraction of sp³-hybridized carbons (Fsp3) is 0.333. The van der Waals surface area contributed by atoms with Crippen molar-refractivity contribution in [1.82, 2.24) is 5.32 Å². The molecule has 0 aliphatic carbocycles. The van der Waals surface area contributed by atoms with Crippen LogP contribution in [0.5, 0.6) is 5.75 Å². The molecule has 1 aromatic carbocycles. The summed E-state index contributed by atoms with van der Waals surface area (Å²) in [6.45, 7) is 0.965. The molecular weight excluding hydrogens is 318 g/mol. The smallest absolute Gasteiger partial charge is 0.328 e. The minimum Gasteiger partial charge on any atom is -0.484 e. The lowest BCUT2D eigenvalue weighted by molar-refractivity contribution is -0.145. The number of hydrogen-bond acceptors (Lipinski definition) is 4. The summed E-state index contributed by atoms with van der Waals surface area (Å²) in [6.07, 6.45) is -1.19. The van der Waals surface area contributed by atoms with Gasteiger partial charge in [-0.1, -0.05) is 15.9 Å². The second-order valence-electron chi connectivity index (χ2n) is 3.87. The molecule has 6 nitrogen and oxygen atoms in total. The van der Waals surface area contributed by atoms with E-state index in [1.54, 1.807) is 24.3 Å². The Morgan fingerprint density at radius 1 is 1.37 bits per heavy atom. The van der Waals surface area contributed by atoms with Crippen LogP contribution in [0.15, 0.2) is 28.7 Å². The molecule has 1 amide bonds. The van der Waals surface area contributed by atoms with E-state index in [2.05, 4.69) is 21.2 Å². The van der Waals surface area contributed by atoms with Crippen LogP contribution in [0.3, 0.4) is 0 Å². The van der Waals surface area contributed by atoms with Crippen molar-refractivity contribution in [3.05, 3.63) is 28.7 Å². The third kappa shape index (κ3) is 5.27. The largest absolute Gasteiger partial charge is 0.484 e. The van der Waals surface area contributed by atoms with Gasteiger partial charge in [0.05, 0.1) is 6.10 Å². The molecule has 0 bridgehead atoms. The van der Waals surface area contributed by atoms with Crippen molar-refractivity contribution in [3.8, 4) is 5.75 Å². The number of amides is 1. The molecule has 0 heterocycles. The molecule has 19 heavy (non-hydrogen) atoms. The van der Waals surface area contributed by atoms with E-state index >= 15 is 0 Å². The number of carboxylic acids is 1. The van der Waals surface area contributed by atoms with Gasteiger partial charge in [0.15, 0.2) is 12.6 Å². The monoisotopic (exact) mass is 331 g/mol. The summed E-state index contributed by atoms with van der Waals surface area (Å²) in [4.78, 5) is 22.3. The number of ether oxygens (including phenoxy) is 1. The van der Waals surface area contributed by atoms with Crippen LogP contribution in [0.25, 0.3) is 0 Å². The maximum atomic E-state index is 11.5. The highest BCUT2D eigenvalue weighted by atomic mass is 79.9. The van der Waals surface area contributed by atoms with Crippen LogP contribution in [0.4, 0.5) is 0 Å². The molecule has 0 saturated carbocycles. The van der Waals surface area contributed by atoms with Gasteiger partial charge in [-0.05, 0) is 31.2 Å². The molecule has 0 fully saturated rings. The van der Waals surface area contributed by atoms with Gasteiger partial charge in [-0.2, -0.15) is 0 Å². The van der Waals surface area contributed by atoms with Crippen molar-refractivity contribution in [3.63, 3.8) is 0 Å². The fourth-order valence-electron chi connectivity index (χ4n) is 1.28. The van der Waals surface area contributed by atoms with E-state index in [4.69, 9.17) is 9.84 Å². The Hall–Kier alpha value is -1.60. The summed E-state index contributed by atoms with van der Waals surface area (Å²) in [5.41, 5.74) is 0. The van der Waals surface area contributed by atoms with Crippen LogP contribution in [-0.4, -0.2) is 40.8 Å². The van der Waals surface area contributed by atoms with Gasteiger partial charge < -0.3 is 20.3 Å². The minimum absolute atomic E-state index is 0.321. The maximum absolute atomic E-state index is 11.5. The summed E-state index contributed by atoms with van der Waals surface area (Å²) in [5.74, 6) is -1.43. The van der Waals surface area contributed by atoms with Crippen molar-refractivity contribution in [2.45, 2.75) is 19.1 Å². The lowest BCUT2D eigenvalue weighted by Crippen LogP contribution is -2.49. The van der Waals surface area contributed by atoms with Gasteiger partial charge in [0.2, 0.25) is 0 Å². The van der Waals surface area contributed by atoms with E-state index in [1.165, 1.54) is 6.92 Å². The van der Waals surface area contributed by atoms with Gasteiger partial charge in [0.25, 0.3) is 5.91 Å². The molecule has 3 N–H and O–H groups in total. The van der Waals surface area contributed by atoms with Crippen molar-refractivity contribution >= 4 is 27.8 Å². The van der Waals surface area contributed by atoms with E-state index in [-0.39, 0.29) is 6.61 Å². The standard InChI is InChI=1S/C12H14BrNO5/c1-7(15)11(12(17)18)14-10(16)6-19-9-4-2-8(13)3-5-9/h2-5,7,11,15H,6H2,1H3,(H,14,16)(H,17,18). The van der Waals surface area contributed by atoms with Crippen molar-refractivity contribution in [1.29, 1.82) is 0 Å². The summed E-state index contributed by atoms with van der Waals surface area (Å²) in [7, 11) is 0. The first-order chi connectivity index (χ1) is 8.90. The lowest BCUT2D eigenvalue weighted by Gasteiger charge is -2.17. The number of rotatable bonds is 6. The lowest BCUT2D eigenvalue weighted by atomic mass is 10.2. The Morgan fingerprint density at radius 3 is 2.42 bits per heavy atom. The van der Waals surface area contributed by atoms with Gasteiger partial charge in [0.1, 0.15) is 5.75 Å². The number of aliphatic hydroxyl groups excluding tert-OH is 1. The number of hydrogen-bond donors (Lipinski definition) is 3. The van der Waals surface area contributed by atoms with E-state index in [1.807, 2.05) is 0 Å². The molecule has 2 unspecified atom stereocenters. The van der Waals surface area contributed by atoms with Crippen LogP contribution in [0.1, 0.15) is 6.92 Å². The van der Waals surface area contributed by atoms with Crippen LogP contribution in [-0.2, 0) is 9.59 Å². The molecule has 7 heteroatoms. The van der Waals surface area contributed by atoms with Crippen LogP contribution in [0, 0.1) is 0 Å². The third-order valence-electron chi connectivity index (χ3n) is 2.25. The van der Waals surface area contributed by atoms with E-state index in [9.17, 15) is 14.7 Å². The molecule has 0 radical (unpaired) electrons. The van der Waals surface area contributed by atoms with Crippen molar-refractivity contribution in [2.75, 3.05) is 6.61 Å². The summed E-state index contributed by atoms with van der Waals surface area (Å²) >= 11 is 3.26. The number of carbonyl (C=O) groups is 2. The summed E-state index contributed by atoms with van der Waals surface area (Å²) in [5, 5.41) is 20.2. The quantitative estimate of drug-likeness (QED) is 0.715. The maximum Gasteiger partial charge on any atom is 0.328 e. The predicted molar refractivity (Wildman–Crippen MR) is 70.9 cm³/mol. The van der Waals surface area contributed by atoms with Crippen LogP contribution >= 0.6 is 15.9 Å². The SMILES string of the molecule is CC(O)C(NC(=O)COc1ccc(Br)cc1)C(=O)O. The number of benzene rings is 1. The Morgan fingerprint density at radius 2 is 1.95 bits per heavy atom. The Labute approximate surface area is 118 Å². The first kappa shape index (κ1) is 15.5. The summed E-state index contributed by atoms with van der Waals surface area (Å²) < 4.78 is 6.05. The Kier molecular flexibility index (Phi) is 5.78. The minimum atomic E-state index is -1.35. The highest BCUT2D eigenvalue weighted by molar-refractivity contribution is 9.10. The van der Waals surface area contributed by atoms with Gasteiger partial charge in [-0.3, -0.25) is 4.79 Å². The first-order valence-electron chi connectivity index (χ1n) is 5.48. The fourth-order valence-corrected chi connectivity index (χ4v) is 1.55. The van der Waals surface area contributed by atoms with Crippen LogP contribution < -0.4 is 10.1 Å². The first-order valence-corrected chi connectivity index (χ1v) is 6.28. The predicted octanol–water partition coefficient (Wildman–Crippen LogP) is 0.778. The molecule has 1 aromatic rings. The zero-order valence-corrected chi connectivity index (χ0v) is 11.8. The molecule has 0 saturated heterocycles. The second-order valence-corrected chi connectivity index (χ2v) is 4.78. The van der Waals surface area contributed by atoms with E-state index in [0.29, 0.717) is 5.75 Å². The molecule has 0 aliphatic heterocycles. The zero-order valence-electron chi connectivity index (χ0n) is 10.2. The summed E-state index contributed by atoms with van der Waals surface area (Å²) in [6, 6.07) is 5.49. The van der Waals surface area contributed by atoms with Gasteiger partial charge in [-0.15, -0.1) is 0 Å². The Bertz CT molecular complexity index is 446. The molecule has 0 spiro atoms. The average Bonchev–Trinajstić information content (AvgIpc) is 2.34. The number of halogens is 1. The van der Waals surface area contributed by atoms with Gasteiger partial charge in [0, 0.05) is 4.47 Å². The van der Waals surface area contributed by atoms with E-state index < -0.39 is 24.0 Å². The molecular formula is C12H14BrNO5. The van der Waals surface area contributed by atoms with Crippen molar-refractivity contribution < 1.29 is 24.5 Å². The highest BCUT2D eigenvalue weighted by Gasteiger charge is 2.24.